The van der Waals surface area contributed by atoms with Gasteiger partial charge in [-0.1, -0.05) is 48.5 Å². The second kappa shape index (κ2) is 7.89. The molecular weight excluding hydrogens is 404 g/mol. The molecule has 0 atom stereocenters. The maximum absolute atomic E-state index is 13.1. The largest absolute Gasteiger partial charge is 0.352 e. The van der Waals surface area contributed by atoms with Crippen molar-refractivity contribution in [3.63, 3.8) is 0 Å². The molecule has 0 aromatic heterocycles. The number of nitrogens with one attached hydrogen (secondary N) is 2. The minimum absolute atomic E-state index is 0.0708. The van der Waals surface area contributed by atoms with Gasteiger partial charge in [0.25, 0.3) is 5.91 Å². The monoisotopic (exact) mass is 424 g/mol. The van der Waals surface area contributed by atoms with Crippen LogP contribution >= 0.6 is 0 Å². The molecule has 1 saturated carbocycles. The van der Waals surface area contributed by atoms with Crippen LogP contribution in [0, 0.1) is 5.92 Å². The number of benzene rings is 3. The molecule has 0 aliphatic heterocycles. The van der Waals surface area contributed by atoms with Crippen molar-refractivity contribution in [3.8, 4) is 0 Å². The Labute approximate surface area is 184 Å². The molecule has 0 saturated heterocycles. The van der Waals surface area contributed by atoms with Gasteiger partial charge in [0.1, 0.15) is 0 Å². The quantitative estimate of drug-likeness (QED) is 0.511. The third kappa shape index (κ3) is 3.60. The molecule has 6 nitrogen and oxygen atoms in total. The summed E-state index contributed by atoms with van der Waals surface area (Å²) in [5, 5.41) is 5.67. The third-order valence-electron chi connectivity index (χ3n) is 5.83. The number of amides is 2. The van der Waals surface area contributed by atoms with Gasteiger partial charge in [-0.05, 0) is 36.6 Å². The van der Waals surface area contributed by atoms with Crippen molar-refractivity contribution in [2.45, 2.75) is 19.4 Å². The van der Waals surface area contributed by atoms with E-state index < -0.39 is 0 Å². The van der Waals surface area contributed by atoms with Crippen LogP contribution in [0.1, 0.15) is 60.6 Å². The summed E-state index contributed by atoms with van der Waals surface area (Å²) < 4.78 is 0. The van der Waals surface area contributed by atoms with Gasteiger partial charge in [-0.15, -0.1) is 0 Å². The molecule has 0 unspecified atom stereocenters. The van der Waals surface area contributed by atoms with E-state index in [-0.39, 0.29) is 40.4 Å². The highest BCUT2D eigenvalue weighted by atomic mass is 16.2. The van der Waals surface area contributed by atoms with E-state index in [1.165, 1.54) is 0 Å². The number of rotatable bonds is 5. The van der Waals surface area contributed by atoms with Crippen molar-refractivity contribution in [2.24, 2.45) is 5.92 Å². The average Bonchev–Trinajstić information content (AvgIpc) is 3.67. The Morgan fingerprint density at radius 1 is 0.781 bits per heavy atom. The fourth-order valence-electron chi connectivity index (χ4n) is 3.90. The highest BCUT2D eigenvalue weighted by Crippen LogP contribution is 2.32. The van der Waals surface area contributed by atoms with Gasteiger partial charge in [-0.2, -0.15) is 0 Å². The molecule has 0 radical (unpaired) electrons. The van der Waals surface area contributed by atoms with Crippen LogP contribution < -0.4 is 10.6 Å². The molecule has 0 spiro atoms. The molecule has 3 aromatic carbocycles. The van der Waals surface area contributed by atoms with Gasteiger partial charge in [0.15, 0.2) is 11.6 Å². The van der Waals surface area contributed by atoms with Gasteiger partial charge in [0.2, 0.25) is 5.91 Å². The first-order valence-electron chi connectivity index (χ1n) is 10.5. The number of anilines is 1. The van der Waals surface area contributed by atoms with Gasteiger partial charge in [0.05, 0.1) is 11.3 Å². The van der Waals surface area contributed by atoms with Crippen LogP contribution in [0.25, 0.3) is 0 Å². The Balaban J connectivity index is 1.35. The van der Waals surface area contributed by atoms with Crippen molar-refractivity contribution >= 4 is 29.1 Å². The van der Waals surface area contributed by atoms with E-state index >= 15 is 0 Å². The van der Waals surface area contributed by atoms with Crippen LogP contribution in [0.5, 0.6) is 0 Å². The van der Waals surface area contributed by atoms with E-state index in [9.17, 15) is 19.2 Å². The first-order chi connectivity index (χ1) is 15.5. The predicted molar refractivity (Wildman–Crippen MR) is 119 cm³/mol. The number of hydrogen-bond donors (Lipinski definition) is 2. The minimum Gasteiger partial charge on any atom is -0.352 e. The van der Waals surface area contributed by atoms with Crippen molar-refractivity contribution in [1.29, 1.82) is 0 Å². The molecule has 1 fully saturated rings. The van der Waals surface area contributed by atoms with Gasteiger partial charge in [-0.25, -0.2) is 0 Å². The highest BCUT2D eigenvalue weighted by molar-refractivity contribution is 6.30. The third-order valence-corrected chi connectivity index (χ3v) is 5.83. The number of carbonyl (C=O) groups is 4. The zero-order chi connectivity index (χ0) is 22.2. The molecule has 0 bridgehead atoms. The molecule has 2 amide bonds. The van der Waals surface area contributed by atoms with Gasteiger partial charge >= 0.3 is 0 Å². The molecule has 3 aromatic rings. The molecule has 5 rings (SSSR count). The van der Waals surface area contributed by atoms with Crippen LogP contribution in [0.4, 0.5) is 5.69 Å². The molecule has 0 heterocycles. The highest BCUT2D eigenvalue weighted by Gasteiger charge is 2.32. The summed E-state index contributed by atoms with van der Waals surface area (Å²) in [6.45, 7) is 0.416. The summed E-state index contributed by atoms with van der Waals surface area (Å²) in [6.07, 6.45) is 1.90. The Hall–Kier alpha value is -4.06. The fraction of sp³-hybridized carbons (Fsp3) is 0.154. The predicted octanol–water partition coefficient (Wildman–Crippen LogP) is 3.74. The van der Waals surface area contributed by atoms with E-state index in [0.717, 1.165) is 18.4 Å². The SMILES string of the molecule is O=C(Nc1cccc2c1C(=O)c1ccccc1C2=O)c1ccc(CNC(=O)C2CC2)cc1. The molecule has 6 heteroatoms. The van der Waals surface area contributed by atoms with Crippen LogP contribution in [-0.2, 0) is 11.3 Å². The minimum atomic E-state index is -0.383. The summed E-state index contributed by atoms with van der Waals surface area (Å²) in [6, 6.07) is 18.5. The Morgan fingerprint density at radius 3 is 2.12 bits per heavy atom. The van der Waals surface area contributed by atoms with Crippen molar-refractivity contribution < 1.29 is 19.2 Å². The lowest BCUT2D eigenvalue weighted by Gasteiger charge is -2.20. The summed E-state index contributed by atoms with van der Waals surface area (Å²) in [5.41, 5.74) is 2.82. The van der Waals surface area contributed by atoms with E-state index in [1.807, 2.05) is 0 Å². The average molecular weight is 424 g/mol. The first-order valence-corrected chi connectivity index (χ1v) is 10.5. The van der Waals surface area contributed by atoms with Crippen LogP contribution in [0.3, 0.4) is 0 Å². The Bertz CT molecular complexity index is 1270. The summed E-state index contributed by atoms with van der Waals surface area (Å²) in [5.74, 6) is -0.678. The fourth-order valence-corrected chi connectivity index (χ4v) is 3.90. The second-order valence-corrected chi connectivity index (χ2v) is 8.08. The first kappa shape index (κ1) is 19.9. The Morgan fingerprint density at radius 2 is 1.44 bits per heavy atom. The number of ketones is 2. The molecule has 32 heavy (non-hydrogen) atoms. The van der Waals surface area contributed by atoms with E-state index in [1.54, 1.807) is 66.7 Å². The zero-order valence-electron chi connectivity index (χ0n) is 17.2. The molecule has 2 N–H and O–H groups in total. The second-order valence-electron chi connectivity index (χ2n) is 8.08. The summed E-state index contributed by atoms with van der Waals surface area (Å²) >= 11 is 0. The maximum atomic E-state index is 13.1. The standard InChI is InChI=1S/C26H20N2O4/c29-23-18-4-1-2-5-19(18)24(30)22-20(23)6-3-7-21(22)28-26(32)17-10-8-15(9-11-17)14-27-25(31)16-12-13-16/h1-11,16H,12-14H2,(H,27,31)(H,28,32). The molecular formula is C26H20N2O4. The number of fused-ring (bicyclic) bond motifs is 2. The van der Waals surface area contributed by atoms with Gasteiger partial charge < -0.3 is 10.6 Å². The van der Waals surface area contributed by atoms with E-state index in [4.69, 9.17) is 0 Å². The van der Waals surface area contributed by atoms with Crippen molar-refractivity contribution in [2.75, 3.05) is 5.32 Å². The molecule has 2 aliphatic carbocycles. The Kier molecular flexibility index (Phi) is 4.90. The van der Waals surface area contributed by atoms with E-state index in [2.05, 4.69) is 10.6 Å². The summed E-state index contributed by atoms with van der Waals surface area (Å²) in [7, 11) is 0. The zero-order valence-corrected chi connectivity index (χ0v) is 17.2. The normalized spacial score (nSPS) is 14.4. The maximum Gasteiger partial charge on any atom is 0.255 e. The van der Waals surface area contributed by atoms with Gasteiger partial charge in [-0.3, -0.25) is 19.2 Å². The number of carbonyl (C=O) groups excluding carboxylic acids is 4. The lowest BCUT2D eigenvalue weighted by molar-refractivity contribution is -0.122. The topological polar surface area (TPSA) is 92.3 Å². The lowest BCUT2D eigenvalue weighted by atomic mass is 9.83. The van der Waals surface area contributed by atoms with Crippen LogP contribution in [0.2, 0.25) is 0 Å². The van der Waals surface area contributed by atoms with Crippen LogP contribution in [0.15, 0.2) is 66.7 Å². The van der Waals surface area contributed by atoms with Crippen LogP contribution in [-0.4, -0.2) is 23.4 Å². The lowest BCUT2D eigenvalue weighted by Crippen LogP contribution is -2.24. The number of hydrogen-bond acceptors (Lipinski definition) is 4. The van der Waals surface area contributed by atoms with Gasteiger partial charge in [0, 0.05) is 34.7 Å². The summed E-state index contributed by atoms with van der Waals surface area (Å²) in [4.78, 5) is 50.5. The van der Waals surface area contributed by atoms with Crippen molar-refractivity contribution in [1.82, 2.24) is 5.32 Å². The van der Waals surface area contributed by atoms with Crippen molar-refractivity contribution in [3.05, 3.63) is 100 Å². The molecule has 2 aliphatic rings. The van der Waals surface area contributed by atoms with E-state index in [0.29, 0.717) is 28.9 Å². The smallest absolute Gasteiger partial charge is 0.255 e. The molecule has 158 valence electrons.